The lowest BCUT2D eigenvalue weighted by Gasteiger charge is -2.29. The summed E-state index contributed by atoms with van der Waals surface area (Å²) in [5.74, 6) is -0.802. The number of carbonyl (C=O) groups is 3. The van der Waals surface area contributed by atoms with Gasteiger partial charge in [-0.3, -0.25) is 14.4 Å². The number of hydrogen-bond acceptors (Lipinski definition) is 5. The van der Waals surface area contributed by atoms with Crippen LogP contribution >= 0.6 is 0 Å². The molecule has 4 rings (SSSR count). The standard InChI is InChI=1S/C30H38N4O4/c1-19-16-25(27(17-19)38-15-13-22-8-5-4-6-9-22)33-29(36)26-10-7-14-34(26)30(37)21(3)32-28(35)23-11-12-24(31)20(2)18-23/h4-6,8-9,11-12,18,21,25-27H,1,7,10,13-17,31H2,2-3H3,(H,32,35)(H,33,36). The average Bonchev–Trinajstić information content (AvgIpc) is 3.52. The predicted octanol–water partition coefficient (Wildman–Crippen LogP) is 3.15. The highest BCUT2D eigenvalue weighted by Gasteiger charge is 2.39. The van der Waals surface area contributed by atoms with Gasteiger partial charge >= 0.3 is 0 Å². The van der Waals surface area contributed by atoms with Crippen LogP contribution in [0.25, 0.3) is 0 Å². The van der Waals surface area contributed by atoms with Crippen molar-refractivity contribution in [1.82, 2.24) is 15.5 Å². The Kier molecular flexibility index (Phi) is 8.84. The first-order chi connectivity index (χ1) is 18.2. The Bertz CT molecular complexity index is 1180. The number of nitrogen functional groups attached to an aromatic ring is 1. The van der Waals surface area contributed by atoms with Crippen LogP contribution in [0.4, 0.5) is 5.69 Å². The molecule has 1 saturated heterocycles. The van der Waals surface area contributed by atoms with Crippen LogP contribution in [0, 0.1) is 6.92 Å². The Hall–Kier alpha value is -3.65. The third-order valence-corrected chi connectivity index (χ3v) is 7.43. The van der Waals surface area contributed by atoms with Gasteiger partial charge in [-0.2, -0.15) is 0 Å². The largest absolute Gasteiger partial charge is 0.399 e. The molecule has 0 radical (unpaired) electrons. The molecule has 3 amide bonds. The third kappa shape index (κ3) is 6.61. The zero-order valence-corrected chi connectivity index (χ0v) is 22.2. The minimum Gasteiger partial charge on any atom is -0.399 e. The van der Waals surface area contributed by atoms with Crippen LogP contribution in [0.3, 0.4) is 0 Å². The molecule has 1 aliphatic heterocycles. The van der Waals surface area contributed by atoms with Crippen molar-refractivity contribution < 1.29 is 19.1 Å². The molecule has 2 fully saturated rings. The molecule has 2 aromatic rings. The topological polar surface area (TPSA) is 114 Å². The number of ether oxygens (including phenoxy) is 1. The Morgan fingerprint density at radius 3 is 2.66 bits per heavy atom. The number of hydrogen-bond donors (Lipinski definition) is 3. The Morgan fingerprint density at radius 2 is 1.92 bits per heavy atom. The molecule has 8 nitrogen and oxygen atoms in total. The lowest BCUT2D eigenvalue weighted by Crippen LogP contribution is -2.54. The molecule has 4 atom stereocenters. The van der Waals surface area contributed by atoms with E-state index in [0.717, 1.165) is 24.0 Å². The molecule has 38 heavy (non-hydrogen) atoms. The predicted molar refractivity (Wildman–Crippen MR) is 147 cm³/mol. The molecule has 2 aliphatic rings. The van der Waals surface area contributed by atoms with Gasteiger partial charge in [0, 0.05) is 17.8 Å². The van der Waals surface area contributed by atoms with Crippen molar-refractivity contribution in [2.45, 2.75) is 70.2 Å². The number of nitrogens with zero attached hydrogens (tertiary/aromatic N) is 1. The molecule has 8 heteroatoms. The van der Waals surface area contributed by atoms with Crippen LogP contribution in [0.15, 0.2) is 60.7 Å². The maximum atomic E-state index is 13.3. The highest BCUT2D eigenvalue weighted by molar-refractivity contribution is 5.98. The molecular formula is C30H38N4O4. The second-order valence-electron chi connectivity index (χ2n) is 10.4. The van der Waals surface area contributed by atoms with Gasteiger partial charge in [0.05, 0.1) is 18.8 Å². The van der Waals surface area contributed by atoms with Crippen molar-refractivity contribution in [3.8, 4) is 0 Å². The molecule has 4 unspecified atom stereocenters. The molecule has 0 aromatic heterocycles. The van der Waals surface area contributed by atoms with Gasteiger partial charge in [0.1, 0.15) is 12.1 Å². The van der Waals surface area contributed by atoms with E-state index in [1.165, 1.54) is 5.56 Å². The first-order valence-corrected chi connectivity index (χ1v) is 13.3. The number of nitrogens with two attached hydrogens (primary N) is 1. The molecule has 4 N–H and O–H groups in total. The average molecular weight is 519 g/mol. The number of anilines is 1. The minimum absolute atomic E-state index is 0.137. The first kappa shape index (κ1) is 27.4. The number of amides is 3. The summed E-state index contributed by atoms with van der Waals surface area (Å²) in [6, 6.07) is 13.6. The Labute approximate surface area is 224 Å². The lowest BCUT2D eigenvalue weighted by atomic mass is 10.1. The molecule has 2 aromatic carbocycles. The van der Waals surface area contributed by atoms with E-state index in [-0.39, 0.29) is 29.9 Å². The molecule has 1 saturated carbocycles. The van der Waals surface area contributed by atoms with Crippen molar-refractivity contribution in [1.29, 1.82) is 0 Å². The van der Waals surface area contributed by atoms with Gasteiger partial charge in [0.2, 0.25) is 11.8 Å². The number of nitrogens with one attached hydrogen (secondary N) is 2. The van der Waals surface area contributed by atoms with Crippen molar-refractivity contribution in [3.05, 3.63) is 77.4 Å². The molecule has 0 spiro atoms. The molecule has 1 aliphatic carbocycles. The summed E-state index contributed by atoms with van der Waals surface area (Å²) in [4.78, 5) is 40.9. The monoisotopic (exact) mass is 518 g/mol. The van der Waals surface area contributed by atoms with Crippen LogP contribution in [0.2, 0.25) is 0 Å². The van der Waals surface area contributed by atoms with Gasteiger partial charge in [0.25, 0.3) is 5.91 Å². The molecular weight excluding hydrogens is 480 g/mol. The second kappa shape index (κ2) is 12.3. The van der Waals surface area contributed by atoms with Gasteiger partial charge in [-0.1, -0.05) is 42.5 Å². The fraction of sp³-hybridized carbons (Fsp3) is 0.433. The summed E-state index contributed by atoms with van der Waals surface area (Å²) in [6.45, 7) is 8.63. The Morgan fingerprint density at radius 1 is 1.16 bits per heavy atom. The fourth-order valence-electron chi connectivity index (χ4n) is 5.23. The fourth-order valence-corrected chi connectivity index (χ4v) is 5.23. The van der Waals surface area contributed by atoms with E-state index < -0.39 is 12.1 Å². The Balaban J connectivity index is 1.32. The van der Waals surface area contributed by atoms with Crippen LogP contribution in [-0.4, -0.2) is 60.0 Å². The summed E-state index contributed by atoms with van der Waals surface area (Å²) in [5.41, 5.74) is 9.94. The van der Waals surface area contributed by atoms with Crippen LogP contribution < -0.4 is 16.4 Å². The highest BCUT2D eigenvalue weighted by Crippen LogP contribution is 2.28. The zero-order valence-electron chi connectivity index (χ0n) is 22.2. The summed E-state index contributed by atoms with van der Waals surface area (Å²) in [6.07, 6.45) is 3.35. The minimum atomic E-state index is -0.769. The summed E-state index contributed by atoms with van der Waals surface area (Å²) >= 11 is 0. The van der Waals surface area contributed by atoms with Crippen molar-refractivity contribution in [2.75, 3.05) is 18.9 Å². The number of likely N-dealkylation sites (tertiary alicyclic amines) is 1. The van der Waals surface area contributed by atoms with Crippen LogP contribution in [0.5, 0.6) is 0 Å². The van der Waals surface area contributed by atoms with Crippen molar-refractivity contribution >= 4 is 23.4 Å². The van der Waals surface area contributed by atoms with E-state index in [0.29, 0.717) is 43.7 Å². The normalized spacial score (nSPS) is 21.8. The van der Waals surface area contributed by atoms with Crippen molar-refractivity contribution in [2.24, 2.45) is 0 Å². The zero-order chi connectivity index (χ0) is 27.2. The quantitative estimate of drug-likeness (QED) is 0.349. The maximum absolute atomic E-state index is 13.3. The van der Waals surface area contributed by atoms with E-state index in [4.69, 9.17) is 10.5 Å². The van der Waals surface area contributed by atoms with Gasteiger partial charge in [-0.25, -0.2) is 0 Å². The number of aryl methyl sites for hydroxylation is 1. The summed E-state index contributed by atoms with van der Waals surface area (Å²) in [5, 5.41) is 5.90. The number of benzene rings is 2. The third-order valence-electron chi connectivity index (χ3n) is 7.43. The smallest absolute Gasteiger partial charge is 0.251 e. The molecule has 1 heterocycles. The second-order valence-corrected chi connectivity index (χ2v) is 10.4. The maximum Gasteiger partial charge on any atom is 0.251 e. The van der Waals surface area contributed by atoms with E-state index in [1.807, 2.05) is 25.1 Å². The molecule has 202 valence electrons. The number of carbonyl (C=O) groups excluding carboxylic acids is 3. The SMILES string of the molecule is C=C1CC(NC(=O)C2CCCN2C(=O)C(C)NC(=O)c2ccc(N)c(C)c2)C(OCCc2ccccc2)C1. The van der Waals surface area contributed by atoms with Gasteiger partial charge in [-0.15, -0.1) is 0 Å². The molecule has 0 bridgehead atoms. The van der Waals surface area contributed by atoms with Gasteiger partial charge < -0.3 is 26.0 Å². The summed E-state index contributed by atoms with van der Waals surface area (Å²) in [7, 11) is 0. The van der Waals surface area contributed by atoms with E-state index in [9.17, 15) is 14.4 Å². The van der Waals surface area contributed by atoms with Gasteiger partial charge in [-0.05, 0) is 75.3 Å². The van der Waals surface area contributed by atoms with Crippen LogP contribution in [-0.2, 0) is 20.7 Å². The first-order valence-electron chi connectivity index (χ1n) is 13.3. The highest BCUT2D eigenvalue weighted by atomic mass is 16.5. The van der Waals surface area contributed by atoms with Crippen molar-refractivity contribution in [3.63, 3.8) is 0 Å². The van der Waals surface area contributed by atoms with Crippen LogP contribution in [0.1, 0.15) is 54.1 Å². The summed E-state index contributed by atoms with van der Waals surface area (Å²) < 4.78 is 6.16. The van der Waals surface area contributed by atoms with E-state index in [1.54, 1.807) is 30.0 Å². The van der Waals surface area contributed by atoms with E-state index >= 15 is 0 Å². The van der Waals surface area contributed by atoms with Gasteiger partial charge in [0.15, 0.2) is 0 Å². The number of rotatable bonds is 9. The van der Waals surface area contributed by atoms with E-state index in [2.05, 4.69) is 29.3 Å². The lowest BCUT2D eigenvalue weighted by molar-refractivity contribution is -0.140.